The maximum Gasteiger partial charge on any atom is 0.275 e. The van der Waals surface area contributed by atoms with E-state index >= 15 is 0 Å². The smallest absolute Gasteiger partial charge is 0.275 e. The lowest BCUT2D eigenvalue weighted by Crippen LogP contribution is -2.62. The highest BCUT2D eigenvalue weighted by Crippen LogP contribution is 2.20. The van der Waals surface area contributed by atoms with Gasteiger partial charge in [0.25, 0.3) is 5.91 Å². The molecule has 0 aliphatic rings. The third kappa shape index (κ3) is 20.8. The Balaban J connectivity index is 1.47. The van der Waals surface area contributed by atoms with Gasteiger partial charge in [0.2, 0.25) is 59.1 Å². The first kappa shape index (κ1) is 64.2. The van der Waals surface area contributed by atoms with E-state index in [4.69, 9.17) is 11.5 Å². The van der Waals surface area contributed by atoms with Crippen LogP contribution in [0.3, 0.4) is 0 Å². The minimum Gasteiger partial charge on any atom is -0.391 e. The number of imidazole rings is 1. The maximum absolute atomic E-state index is 14.2. The highest BCUT2D eigenvalue weighted by molar-refractivity contribution is 7.98. The summed E-state index contributed by atoms with van der Waals surface area (Å²) in [4.78, 5) is 156. The van der Waals surface area contributed by atoms with Crippen molar-refractivity contribution in [2.75, 3.05) is 25.1 Å². The number of benzene rings is 2. The lowest BCUT2D eigenvalue weighted by atomic mass is 10.00. The molecule has 0 unspecified atom stereocenters. The Morgan fingerprint density at radius 1 is 0.637 bits per heavy atom. The van der Waals surface area contributed by atoms with Gasteiger partial charge in [0, 0.05) is 48.3 Å². The molecule has 0 radical (unpaired) electrons. The molecule has 0 spiro atoms. The van der Waals surface area contributed by atoms with Crippen molar-refractivity contribution in [3.63, 3.8) is 0 Å². The van der Waals surface area contributed by atoms with Crippen LogP contribution >= 0.6 is 11.8 Å². The van der Waals surface area contributed by atoms with Gasteiger partial charge < -0.3 is 80.1 Å². The summed E-state index contributed by atoms with van der Waals surface area (Å²) >= 11 is 1.45. The van der Waals surface area contributed by atoms with E-state index in [1.807, 2.05) is 6.26 Å². The van der Waals surface area contributed by atoms with Gasteiger partial charge in [0.15, 0.2) is 6.54 Å². The number of nitrogens with one attached hydrogen (secondary N) is 11. The predicted octanol–water partition coefficient (Wildman–Crippen LogP) is -4.28. The number of rotatable bonds is 33. The van der Waals surface area contributed by atoms with E-state index in [2.05, 4.69) is 68.5 Å². The number of nitrogens with zero attached hydrogens (tertiary/aromatic N) is 1. The van der Waals surface area contributed by atoms with Crippen LogP contribution in [0.25, 0.3) is 10.9 Å². The van der Waals surface area contributed by atoms with Gasteiger partial charge in [-0.05, 0) is 61.8 Å². The highest BCUT2D eigenvalue weighted by atomic mass is 32.2. The summed E-state index contributed by atoms with van der Waals surface area (Å²) in [5.41, 5.74) is 16.8. The average Bonchev–Trinajstić information content (AvgIpc) is 4.13. The predicted molar refractivity (Wildman–Crippen MR) is 293 cm³/mol. The van der Waals surface area contributed by atoms with Crippen molar-refractivity contribution in [2.24, 2.45) is 17.4 Å². The normalized spacial score (nSPS) is 14.5. The molecular formula is C52H74N15O12S+. The van der Waals surface area contributed by atoms with E-state index in [9.17, 15) is 57.8 Å². The van der Waals surface area contributed by atoms with Crippen molar-refractivity contribution in [2.45, 2.75) is 121 Å². The molecule has 80 heavy (non-hydrogen) atoms. The van der Waals surface area contributed by atoms with Gasteiger partial charge in [-0.15, -0.1) is 0 Å². The van der Waals surface area contributed by atoms with Gasteiger partial charge in [-0.3, -0.25) is 52.7 Å². The number of aromatic nitrogens is 3. The number of nitrogens with two attached hydrogens (primary N) is 2. The number of hydrogen-bond acceptors (Lipinski definition) is 14. The molecule has 0 aliphatic carbocycles. The van der Waals surface area contributed by atoms with E-state index in [0.717, 1.165) is 5.52 Å². The molecule has 0 aliphatic heterocycles. The van der Waals surface area contributed by atoms with Crippen LogP contribution in [0, 0.1) is 5.92 Å². The monoisotopic (exact) mass is 1130 g/mol. The van der Waals surface area contributed by atoms with Gasteiger partial charge in [0.1, 0.15) is 48.3 Å². The Kier molecular flexibility index (Phi) is 25.6. The lowest BCUT2D eigenvalue weighted by molar-refractivity contribution is -0.355. The first-order chi connectivity index (χ1) is 38.0. The molecule has 0 saturated heterocycles. The summed E-state index contributed by atoms with van der Waals surface area (Å²) < 4.78 is 0. The second-order valence-electron chi connectivity index (χ2n) is 19.4. The molecule has 27 nitrogen and oxygen atoms in total. The van der Waals surface area contributed by atoms with E-state index in [0.29, 0.717) is 28.0 Å². The second-order valence-corrected chi connectivity index (χ2v) is 20.4. The number of thioether (sulfide) groups is 1. The number of quaternary nitrogens is 1. The van der Waals surface area contributed by atoms with Crippen LogP contribution in [0.5, 0.6) is 0 Å². The molecule has 0 saturated carbocycles. The summed E-state index contributed by atoms with van der Waals surface area (Å²) in [6, 6.07) is 5.00. The summed E-state index contributed by atoms with van der Waals surface area (Å²) in [5, 5.41) is 34.1. The molecule has 19 N–H and O–H groups in total. The molecule has 0 fully saturated rings. The first-order valence-corrected chi connectivity index (χ1v) is 27.2. The number of carbonyl (C=O) groups excluding carboxylic acids is 11. The average molecular weight is 1130 g/mol. The fourth-order valence-electron chi connectivity index (χ4n) is 8.19. The number of aliphatic hydroxyl groups is 1. The van der Waals surface area contributed by atoms with Gasteiger partial charge in [-0.2, -0.15) is 11.8 Å². The molecule has 28 heteroatoms. The Morgan fingerprint density at radius 3 is 1.81 bits per heavy atom. The molecule has 0 bridgehead atoms. The largest absolute Gasteiger partial charge is 0.391 e. The Hall–Kier alpha value is -8.37. The van der Waals surface area contributed by atoms with Gasteiger partial charge in [-0.1, -0.05) is 62.4 Å². The lowest BCUT2D eigenvalue weighted by Gasteiger charge is -2.27. The molecule has 4 aromatic rings. The maximum atomic E-state index is 14.2. The van der Waals surface area contributed by atoms with Crippen molar-refractivity contribution >= 4 is 87.6 Å². The summed E-state index contributed by atoms with van der Waals surface area (Å²) in [7, 11) is 0. The number of H-pyrrole nitrogens is 2. The van der Waals surface area contributed by atoms with Gasteiger partial charge in [-0.25, -0.2) is 4.98 Å². The molecule has 2 aromatic carbocycles. The summed E-state index contributed by atoms with van der Waals surface area (Å²) in [6.45, 7) is 5.00. The zero-order valence-electron chi connectivity index (χ0n) is 45.2. The molecule has 2 aromatic heterocycles. The van der Waals surface area contributed by atoms with E-state index in [1.165, 1.54) is 38.1 Å². The van der Waals surface area contributed by atoms with E-state index < -0.39 is 132 Å². The topological polar surface area (TPSA) is 440 Å². The van der Waals surface area contributed by atoms with Gasteiger partial charge >= 0.3 is 0 Å². The van der Waals surface area contributed by atoms with E-state index in [-0.39, 0.29) is 44.6 Å². The summed E-state index contributed by atoms with van der Waals surface area (Å²) in [6.07, 6.45) is 4.08. The Labute approximate surface area is 465 Å². The molecule has 434 valence electrons. The minimum absolute atomic E-state index is 0.00627. The number of amides is 11. The van der Waals surface area contributed by atoms with E-state index in [1.54, 1.807) is 74.6 Å². The highest BCUT2D eigenvalue weighted by Gasteiger charge is 2.35. The minimum atomic E-state index is -1.70. The van der Waals surface area contributed by atoms with Crippen LogP contribution in [0.4, 0.5) is 0 Å². The molecule has 11 amide bonds. The number of carbonyl (C=O) groups is 11. The van der Waals surface area contributed by atoms with Crippen molar-refractivity contribution in [1.82, 2.24) is 62.8 Å². The SMILES string of the molecule is CSCC[C@H](NC(=O)[C@H](Cc1ccccc1)NC(=O)[C@H](Cc1cnc[nH]1)NC(=O)CNC(=O)[C@@H](NC(=O)[C@H](C)NC(=O)[C@H](Cc1c[nH]c2ccccc12)NC(=O)[C@H](CC(C)C)NC(=O)[C@H](CC(N)=O)NC(=O)C[NH3+])[C@@H](C)O)C(N)=O. The quantitative estimate of drug-likeness (QED) is 0.0215. The van der Waals surface area contributed by atoms with Crippen molar-refractivity contribution in [1.29, 1.82) is 0 Å². The number of para-hydroxylation sites is 1. The fraction of sp³-hybridized carbons (Fsp3) is 0.462. The number of hydrogen-bond donors (Lipinski definition) is 15. The summed E-state index contributed by atoms with van der Waals surface area (Å²) in [5.74, 6) is -9.00. The fourth-order valence-corrected chi connectivity index (χ4v) is 8.66. The van der Waals surface area contributed by atoms with Crippen LogP contribution < -0.4 is 65.1 Å². The third-order valence-corrected chi connectivity index (χ3v) is 13.1. The molecular weight excluding hydrogens is 1060 g/mol. The van der Waals surface area contributed by atoms with Gasteiger partial charge in [0.05, 0.1) is 25.4 Å². The third-order valence-electron chi connectivity index (χ3n) is 12.4. The van der Waals surface area contributed by atoms with Crippen LogP contribution in [-0.2, 0) is 72.0 Å². The molecule has 4 rings (SSSR count). The number of aliphatic hydroxyl groups excluding tert-OH is 1. The number of fused-ring (bicyclic) bond motifs is 1. The van der Waals surface area contributed by atoms with Crippen molar-refractivity contribution < 1.29 is 63.6 Å². The van der Waals surface area contributed by atoms with Crippen LogP contribution in [0.15, 0.2) is 73.3 Å². The van der Waals surface area contributed by atoms with Crippen LogP contribution in [-0.4, -0.2) is 165 Å². The Morgan fingerprint density at radius 2 is 1.21 bits per heavy atom. The zero-order chi connectivity index (χ0) is 59.1. The second kappa shape index (κ2) is 31.9. The van der Waals surface area contributed by atoms with Crippen LogP contribution in [0.2, 0.25) is 0 Å². The standard InChI is InChI=1S/C52H73N15O12S/c1-27(2)17-36(64-51(78)40(21-41(54)69)61-42(70)22-53)48(75)66-38(19-31-23-57-34-14-10-9-13-33(31)34)47(74)60-28(3)46(73)67-44(29(4)68)52(79)58-25-43(71)62-39(20-32-24-56-26-59-32)50(77)65-37(18-30-11-7-6-8-12-30)49(76)63-35(45(55)72)15-16-80-5/h6-14,23-24,26-29,35-40,44,57,68H,15-22,25,53H2,1-5H3,(H2,54,69)(H2,55,72)(H,56,59)(H,58,79)(H,60,74)(H,61,70)(H,62,71)(H,63,76)(H,64,78)(H,65,77)(H,66,75)(H,67,73)/p+1/t28-,29+,35-,36-,37-,38-,39-,40-,44-/m0/s1. The van der Waals surface area contributed by atoms with Crippen molar-refractivity contribution in [3.05, 3.63) is 90.1 Å². The number of aromatic amines is 2. The van der Waals surface area contributed by atoms with Crippen LogP contribution in [0.1, 0.15) is 63.8 Å². The molecule has 2 heterocycles. The first-order valence-electron chi connectivity index (χ1n) is 25.8. The Bertz CT molecular complexity index is 2780. The zero-order valence-corrected chi connectivity index (χ0v) is 46.0. The molecule has 9 atom stereocenters. The van der Waals surface area contributed by atoms with Crippen molar-refractivity contribution in [3.8, 4) is 0 Å². The number of primary amides is 2.